The maximum atomic E-state index is 14.0. The maximum absolute atomic E-state index is 14.0. The molecule has 0 saturated heterocycles. The molecule has 0 unspecified atom stereocenters. The van der Waals surface area contributed by atoms with E-state index >= 15 is 0 Å². The number of hydrogen-bond donors (Lipinski definition) is 0. The lowest BCUT2D eigenvalue weighted by atomic mass is 10.1. The lowest BCUT2D eigenvalue weighted by molar-refractivity contribution is -0.142. The molecule has 0 radical (unpaired) electrons. The van der Waals surface area contributed by atoms with Crippen molar-refractivity contribution in [3.8, 4) is 28.4 Å². The normalized spacial score (nSPS) is 12.7. The molecule has 0 bridgehead atoms. The fourth-order valence-corrected chi connectivity index (χ4v) is 4.20. The Morgan fingerprint density at radius 3 is 2.58 bits per heavy atom. The molecule has 3 aromatic heterocycles. The van der Waals surface area contributed by atoms with Gasteiger partial charge in [-0.1, -0.05) is 12.1 Å². The smallest absolute Gasteiger partial charge is 0.433 e. The third-order valence-corrected chi connectivity index (χ3v) is 6.08. The van der Waals surface area contributed by atoms with Crippen molar-refractivity contribution in [2.75, 3.05) is 13.8 Å². The Bertz CT molecular complexity index is 1650. The van der Waals surface area contributed by atoms with Crippen LogP contribution in [-0.4, -0.2) is 49.0 Å². The standard InChI is InChI=1S/C26H19F3N6O3/c1-33(14-16-3-6-18(7-4-16)34-10-2-9-30-34)25(36)20-13-24-31-19(12-23(26(27,28)29)35(24)32-20)17-5-8-21-22(11-17)38-15-37-21/h2-13H,14-15H2,1H3. The quantitative estimate of drug-likeness (QED) is 0.337. The summed E-state index contributed by atoms with van der Waals surface area (Å²) in [5.41, 5.74) is 0.858. The van der Waals surface area contributed by atoms with Crippen molar-refractivity contribution in [3.05, 3.63) is 90.0 Å². The number of hydrogen-bond acceptors (Lipinski definition) is 6. The Morgan fingerprint density at radius 2 is 1.84 bits per heavy atom. The van der Waals surface area contributed by atoms with Crippen LogP contribution in [0.25, 0.3) is 22.6 Å². The predicted octanol–water partition coefficient (Wildman–Crippen LogP) is 4.60. The van der Waals surface area contributed by atoms with Gasteiger partial charge in [-0.2, -0.15) is 23.4 Å². The van der Waals surface area contributed by atoms with Gasteiger partial charge in [-0.25, -0.2) is 14.2 Å². The molecule has 0 aliphatic carbocycles. The molecule has 9 nitrogen and oxygen atoms in total. The zero-order valence-electron chi connectivity index (χ0n) is 19.9. The molecular formula is C26H19F3N6O3. The van der Waals surface area contributed by atoms with E-state index in [0.29, 0.717) is 21.6 Å². The van der Waals surface area contributed by atoms with E-state index in [0.717, 1.165) is 17.3 Å². The highest BCUT2D eigenvalue weighted by Crippen LogP contribution is 2.37. The van der Waals surface area contributed by atoms with Gasteiger partial charge in [0.2, 0.25) is 6.79 Å². The first kappa shape index (κ1) is 23.5. The number of alkyl halides is 3. The average molecular weight is 520 g/mol. The van der Waals surface area contributed by atoms with Crippen LogP contribution in [0.1, 0.15) is 21.7 Å². The molecule has 12 heteroatoms. The first-order valence-corrected chi connectivity index (χ1v) is 11.5. The van der Waals surface area contributed by atoms with Gasteiger partial charge in [0, 0.05) is 37.6 Å². The van der Waals surface area contributed by atoms with Crippen LogP contribution in [-0.2, 0) is 12.7 Å². The van der Waals surface area contributed by atoms with Gasteiger partial charge in [-0.3, -0.25) is 4.79 Å². The van der Waals surface area contributed by atoms with Crippen LogP contribution < -0.4 is 9.47 Å². The van der Waals surface area contributed by atoms with E-state index < -0.39 is 17.8 Å². The van der Waals surface area contributed by atoms with E-state index in [1.54, 1.807) is 36.1 Å². The molecule has 0 N–H and O–H groups in total. The molecule has 1 amide bonds. The summed E-state index contributed by atoms with van der Waals surface area (Å²) < 4.78 is 54.9. The number of benzene rings is 2. The van der Waals surface area contributed by atoms with Crippen LogP contribution in [0.15, 0.2) is 73.1 Å². The number of carbonyl (C=O) groups excluding carboxylic acids is 1. The molecular weight excluding hydrogens is 501 g/mol. The molecule has 0 atom stereocenters. The number of nitrogens with zero attached hydrogens (tertiary/aromatic N) is 6. The zero-order valence-corrected chi connectivity index (χ0v) is 19.9. The van der Waals surface area contributed by atoms with Crippen molar-refractivity contribution in [2.45, 2.75) is 12.7 Å². The Balaban J connectivity index is 1.30. The van der Waals surface area contributed by atoms with Gasteiger partial charge in [0.05, 0.1) is 11.4 Å². The second kappa shape index (κ2) is 8.91. The van der Waals surface area contributed by atoms with E-state index in [9.17, 15) is 18.0 Å². The molecule has 0 spiro atoms. The van der Waals surface area contributed by atoms with E-state index in [2.05, 4.69) is 15.2 Å². The fourth-order valence-electron chi connectivity index (χ4n) is 4.20. The topological polar surface area (TPSA) is 86.8 Å². The summed E-state index contributed by atoms with van der Waals surface area (Å²) in [6, 6.07) is 16.2. The van der Waals surface area contributed by atoms with Crippen LogP contribution in [0.2, 0.25) is 0 Å². The van der Waals surface area contributed by atoms with Crippen LogP contribution >= 0.6 is 0 Å². The molecule has 2 aromatic carbocycles. The summed E-state index contributed by atoms with van der Waals surface area (Å²) in [6.07, 6.45) is -1.25. The Labute approximate surface area is 213 Å². The van der Waals surface area contributed by atoms with Gasteiger partial charge in [0.15, 0.2) is 28.5 Å². The Morgan fingerprint density at radius 1 is 1.05 bits per heavy atom. The van der Waals surface area contributed by atoms with Crippen LogP contribution in [0.4, 0.5) is 13.2 Å². The summed E-state index contributed by atoms with van der Waals surface area (Å²) >= 11 is 0. The highest BCUT2D eigenvalue weighted by molar-refractivity contribution is 5.93. The molecule has 6 rings (SSSR count). The minimum absolute atomic E-state index is 0.0369. The summed E-state index contributed by atoms with van der Waals surface area (Å²) in [4.78, 5) is 18.8. The highest BCUT2D eigenvalue weighted by atomic mass is 19.4. The monoisotopic (exact) mass is 520 g/mol. The van der Waals surface area contributed by atoms with Gasteiger partial charge < -0.3 is 14.4 Å². The number of ether oxygens (including phenoxy) is 2. The second-order valence-electron chi connectivity index (χ2n) is 8.67. The first-order chi connectivity index (χ1) is 18.3. The lowest BCUT2D eigenvalue weighted by Crippen LogP contribution is -2.26. The molecule has 0 saturated carbocycles. The van der Waals surface area contributed by atoms with Crippen molar-refractivity contribution >= 4 is 11.6 Å². The third kappa shape index (κ3) is 4.29. The Hall–Kier alpha value is -4.87. The minimum atomic E-state index is -4.74. The van der Waals surface area contributed by atoms with E-state index in [1.165, 1.54) is 11.0 Å². The molecule has 38 heavy (non-hydrogen) atoms. The number of carbonyl (C=O) groups is 1. The van der Waals surface area contributed by atoms with Crippen molar-refractivity contribution in [1.29, 1.82) is 0 Å². The summed E-state index contributed by atoms with van der Waals surface area (Å²) in [7, 11) is 1.56. The lowest BCUT2D eigenvalue weighted by Gasteiger charge is -2.16. The zero-order chi connectivity index (χ0) is 26.4. The fraction of sp³-hybridized carbons (Fsp3) is 0.154. The number of amides is 1. The first-order valence-electron chi connectivity index (χ1n) is 11.5. The molecule has 192 valence electrons. The van der Waals surface area contributed by atoms with E-state index in [4.69, 9.17) is 9.47 Å². The maximum Gasteiger partial charge on any atom is 0.433 e. The molecule has 4 heterocycles. The summed E-state index contributed by atoms with van der Waals surface area (Å²) in [5, 5.41) is 8.14. The van der Waals surface area contributed by atoms with Crippen LogP contribution in [0, 0.1) is 0 Å². The van der Waals surface area contributed by atoms with Gasteiger partial charge in [0.1, 0.15) is 0 Å². The van der Waals surface area contributed by atoms with Crippen molar-refractivity contribution in [3.63, 3.8) is 0 Å². The van der Waals surface area contributed by atoms with Gasteiger partial charge >= 0.3 is 6.18 Å². The highest BCUT2D eigenvalue weighted by Gasteiger charge is 2.36. The Kier molecular flexibility index (Phi) is 5.51. The SMILES string of the molecule is CN(Cc1ccc(-n2cccn2)cc1)C(=O)c1cc2nc(-c3ccc4c(c3)OCO4)cc(C(F)(F)F)n2n1. The summed E-state index contributed by atoms with van der Waals surface area (Å²) in [6.45, 7) is 0.267. The number of halogens is 3. The van der Waals surface area contributed by atoms with Gasteiger partial charge in [-0.15, -0.1) is 0 Å². The minimum Gasteiger partial charge on any atom is -0.454 e. The molecule has 0 fully saturated rings. The molecule has 5 aromatic rings. The van der Waals surface area contributed by atoms with Gasteiger partial charge in [0.25, 0.3) is 5.91 Å². The number of fused-ring (bicyclic) bond motifs is 2. The van der Waals surface area contributed by atoms with E-state index in [1.807, 2.05) is 36.5 Å². The molecule has 1 aliphatic rings. The third-order valence-electron chi connectivity index (χ3n) is 6.08. The van der Waals surface area contributed by atoms with Crippen LogP contribution in [0.3, 0.4) is 0 Å². The number of aromatic nitrogens is 5. The number of rotatable bonds is 5. The van der Waals surface area contributed by atoms with E-state index in [-0.39, 0.29) is 30.4 Å². The predicted molar refractivity (Wildman–Crippen MR) is 129 cm³/mol. The van der Waals surface area contributed by atoms with Crippen LogP contribution in [0.5, 0.6) is 11.5 Å². The average Bonchev–Trinajstić information content (AvgIpc) is 3.67. The van der Waals surface area contributed by atoms with Crippen molar-refractivity contribution in [1.82, 2.24) is 29.3 Å². The second-order valence-corrected chi connectivity index (χ2v) is 8.67. The van der Waals surface area contributed by atoms with Crippen molar-refractivity contribution < 1.29 is 27.4 Å². The van der Waals surface area contributed by atoms with Gasteiger partial charge in [-0.05, 0) is 48.0 Å². The summed E-state index contributed by atoms with van der Waals surface area (Å²) in [5.74, 6) is 0.382. The largest absolute Gasteiger partial charge is 0.454 e. The molecule has 1 aliphatic heterocycles. The van der Waals surface area contributed by atoms with Crippen molar-refractivity contribution in [2.24, 2.45) is 0 Å².